The third kappa shape index (κ3) is 20.1. The van der Waals surface area contributed by atoms with E-state index in [0.717, 1.165) is 22.7 Å². The van der Waals surface area contributed by atoms with Crippen molar-refractivity contribution in [1.29, 1.82) is 21.0 Å². The third-order valence-corrected chi connectivity index (χ3v) is 10.5. The molecule has 0 amide bonds. The zero-order valence-electron chi connectivity index (χ0n) is 41.3. The molecule has 406 valence electrons. The number of halogens is 5. The van der Waals surface area contributed by atoms with Gasteiger partial charge < -0.3 is 25.9 Å². The van der Waals surface area contributed by atoms with Crippen LogP contribution < -0.4 is 16.9 Å². The molecule has 0 atom stereocenters. The second kappa shape index (κ2) is 31.8. The number of hydrogen-bond acceptors (Lipinski definition) is 19. The number of nitrogens with zero attached hydrogens (tertiary/aromatic N) is 9. The number of anilines is 2. The van der Waals surface area contributed by atoms with Gasteiger partial charge in [-0.15, -0.1) is 0 Å². The largest absolute Gasteiger partial charge is 0.500 e. The molecule has 30 heteroatoms. The molecule has 0 saturated carbocycles. The van der Waals surface area contributed by atoms with Crippen molar-refractivity contribution in [1.82, 2.24) is 15.0 Å². The van der Waals surface area contributed by atoms with Crippen molar-refractivity contribution in [2.75, 3.05) is 24.7 Å². The zero-order chi connectivity index (χ0) is 58.5. The summed E-state index contributed by atoms with van der Waals surface area (Å²) in [5, 5.41) is 65.3. The molecular formula is C48H40Cl5FeN12O11P. The van der Waals surface area contributed by atoms with E-state index in [1.807, 2.05) is 25.1 Å². The van der Waals surface area contributed by atoms with Gasteiger partial charge in [0.05, 0.1) is 71.1 Å². The van der Waals surface area contributed by atoms with Crippen LogP contribution in [0.5, 0.6) is 0 Å². The average Bonchev–Trinajstić information content (AvgIpc) is 3.35. The molecule has 0 aliphatic rings. The fourth-order valence-electron chi connectivity index (χ4n) is 6.00. The molecule has 5 N–H and O–H groups in total. The smallest absolute Gasteiger partial charge is 0.352 e. The number of pyridine rings is 3. The molecule has 0 bridgehead atoms. The molecule has 4 aromatic carbocycles. The van der Waals surface area contributed by atoms with Crippen molar-refractivity contribution in [2.24, 2.45) is 0 Å². The number of nitriles is 4. The van der Waals surface area contributed by atoms with Crippen LogP contribution in [-0.2, 0) is 35.9 Å². The Morgan fingerprint density at radius 2 is 1.15 bits per heavy atom. The van der Waals surface area contributed by atoms with Gasteiger partial charge in [0.15, 0.2) is 5.57 Å². The zero-order valence-corrected chi connectivity index (χ0v) is 47.1. The normalized spacial score (nSPS) is 10.1. The quantitative estimate of drug-likeness (QED) is 0.0154. The number of nitrogens with two attached hydrogens (primary N) is 2. The summed E-state index contributed by atoms with van der Waals surface area (Å²) >= 11 is 25.9. The van der Waals surface area contributed by atoms with Crippen LogP contribution in [0.1, 0.15) is 52.8 Å². The molecule has 23 nitrogen and oxygen atoms in total. The van der Waals surface area contributed by atoms with Crippen molar-refractivity contribution in [3.8, 4) is 24.3 Å². The molecule has 0 spiro atoms. The number of nitro benzene ring substituents is 3. The molecule has 7 aromatic rings. The Hall–Kier alpha value is -8.12. The van der Waals surface area contributed by atoms with Crippen LogP contribution in [0, 0.1) is 103 Å². The first-order valence-electron chi connectivity index (χ1n) is 21.3. The van der Waals surface area contributed by atoms with E-state index in [1.54, 1.807) is 65.0 Å². The number of ether oxygens (including phenoxy) is 2. The molecule has 0 saturated heterocycles. The van der Waals surface area contributed by atoms with Gasteiger partial charge in [-0.3, -0.25) is 49.7 Å². The summed E-state index contributed by atoms with van der Waals surface area (Å²) in [6.07, 6.45) is 5.24. The molecule has 7 rings (SSSR count). The van der Waals surface area contributed by atoms with Gasteiger partial charge in [-0.25, -0.2) is 4.79 Å². The topological polar surface area (TPSA) is 388 Å². The fourth-order valence-corrected chi connectivity index (χ4v) is 6.49. The number of aromatic amines is 1. The van der Waals surface area contributed by atoms with Gasteiger partial charge in [0.2, 0.25) is 5.43 Å². The number of nitrogen functional groups attached to an aromatic ring is 2. The molecule has 3 heterocycles. The van der Waals surface area contributed by atoms with Crippen LogP contribution in [0.25, 0.3) is 32.7 Å². The van der Waals surface area contributed by atoms with Crippen LogP contribution in [-0.4, -0.2) is 48.9 Å². The summed E-state index contributed by atoms with van der Waals surface area (Å²) in [6, 6.07) is 21.1. The number of H-pyrrole nitrogens is 1. The van der Waals surface area contributed by atoms with Crippen molar-refractivity contribution in [3.63, 3.8) is 0 Å². The molecule has 0 radical (unpaired) electrons. The van der Waals surface area contributed by atoms with Crippen LogP contribution in [0.15, 0.2) is 89.8 Å². The Balaban J connectivity index is 0.000000480. The maximum absolute atomic E-state index is 11.8. The van der Waals surface area contributed by atoms with Crippen molar-refractivity contribution in [2.45, 2.75) is 41.5 Å². The molecule has 0 aliphatic heterocycles. The Morgan fingerprint density at radius 3 is 1.59 bits per heavy atom. The maximum atomic E-state index is 11.8. The number of nitrogens with one attached hydrogen (secondary N) is 1. The van der Waals surface area contributed by atoms with E-state index in [0.29, 0.717) is 61.7 Å². The Kier molecular flexibility index (Phi) is 27.7. The number of carbonyl (C=O) groups excluding carboxylic acids is 1. The first kappa shape index (κ1) is 67.9. The second-order valence-corrected chi connectivity index (χ2v) is 22.3. The molecule has 0 fully saturated rings. The van der Waals surface area contributed by atoms with E-state index in [1.165, 1.54) is 48.9 Å². The second-order valence-electron chi connectivity index (χ2n) is 14.9. The predicted molar refractivity (Wildman–Crippen MR) is 294 cm³/mol. The minimum absolute atomic E-state index is 0. The average molecular weight is 1230 g/mol. The minimum atomic E-state index is -3.22. The number of nitro groups is 3. The number of benzene rings is 4. The third-order valence-electron chi connectivity index (χ3n) is 9.66. The fraction of sp³-hybridized carbons (Fsp3) is 0.167. The van der Waals surface area contributed by atoms with Gasteiger partial charge in [-0.1, -0.05) is 23.2 Å². The first-order chi connectivity index (χ1) is 36.1. The Morgan fingerprint density at radius 1 is 0.705 bits per heavy atom. The molecule has 3 aromatic heterocycles. The Labute approximate surface area is 478 Å². The van der Waals surface area contributed by atoms with Crippen LogP contribution in [0.3, 0.4) is 0 Å². The Bertz CT molecular complexity index is 3740. The standard InChI is InChI=1S/C11H6ClN3O2.C11H8ClN3.C11H7N3O3.C8H11NO3.C7H8N2O2.Cl3OP.Fe/c1-6-2-9-8(3-10(6)15(16)17)11(12)7(4-13)5-14-9;1-6-2-10-8(3-9(6)14)11(12)7(4-13)5-15-10;1-6-2-9-8(3-10(6)14(16)17)11(15)7(4-12)5-13-9;1-3-11-6-7(5-9)8(10)12-4-2;1-5-4-6(8)2-3-7(5)9(10)11;1-5(2,3)4;/h2-3,5H,1H3;2-3,5H,14H2,1H3;2-3,5H,1H3,(H,13,15);6H,3-4H2,1-2H3;2-4H,8H2,1H3;;/b;;;7-6+;;;. The molecule has 78 heavy (non-hydrogen) atoms. The van der Waals surface area contributed by atoms with Crippen LogP contribution in [0.4, 0.5) is 28.4 Å². The van der Waals surface area contributed by atoms with E-state index in [2.05, 4.69) is 53.4 Å². The van der Waals surface area contributed by atoms with Crippen molar-refractivity contribution >= 4 is 129 Å². The first-order valence-corrected chi connectivity index (χ1v) is 26.4. The van der Waals surface area contributed by atoms with Crippen LogP contribution >= 0.6 is 62.1 Å². The van der Waals surface area contributed by atoms with E-state index in [9.17, 15) is 44.5 Å². The number of aryl methyl sites for hydroxylation is 4. The van der Waals surface area contributed by atoms with E-state index in [-0.39, 0.29) is 67.8 Å². The summed E-state index contributed by atoms with van der Waals surface area (Å²) in [4.78, 5) is 64.1. The number of fused-ring (bicyclic) bond motifs is 3. The molecule has 0 aliphatic carbocycles. The van der Waals surface area contributed by atoms with Crippen molar-refractivity contribution < 1.29 is 50.7 Å². The molecular weight excluding hydrogens is 1180 g/mol. The predicted octanol–water partition coefficient (Wildman–Crippen LogP) is 12.5. The van der Waals surface area contributed by atoms with E-state index < -0.39 is 31.4 Å². The van der Waals surface area contributed by atoms with E-state index in [4.69, 9.17) is 60.5 Å². The van der Waals surface area contributed by atoms with Gasteiger partial charge in [-0.05, 0) is 117 Å². The van der Waals surface area contributed by atoms with Gasteiger partial charge in [0.25, 0.3) is 17.1 Å². The monoisotopic (exact) mass is 1220 g/mol. The summed E-state index contributed by atoms with van der Waals surface area (Å²) in [5.41, 5.74) is 16.5. The van der Waals surface area contributed by atoms with Gasteiger partial charge in [0.1, 0.15) is 36.1 Å². The SMILES string of the molecule is CCO/C=C(\C#N)C(=O)OCC.Cc1cc(N)ccc1[N+](=O)[O-].Cc1cc2[nH]cc(C#N)c(=O)c2cc1[N+](=O)[O-].Cc1cc2ncc(C#N)c(Cl)c2cc1N.Cc1cc2ncc(C#N)c(Cl)c2cc1[N+](=O)[O-].O=P(Cl)(Cl)Cl.[Fe]. The summed E-state index contributed by atoms with van der Waals surface area (Å²) in [6.45, 7) is 10.9. The summed E-state index contributed by atoms with van der Waals surface area (Å²) in [5.74, 6) is -0.645. The molecule has 0 unspecified atom stereocenters. The van der Waals surface area contributed by atoms with Gasteiger partial charge in [0, 0.05) is 92.7 Å². The van der Waals surface area contributed by atoms with E-state index >= 15 is 0 Å². The number of rotatable bonds is 7. The van der Waals surface area contributed by atoms with Crippen LogP contribution in [0.2, 0.25) is 10.0 Å². The minimum Gasteiger partial charge on any atom is -0.500 e. The van der Waals surface area contributed by atoms with Gasteiger partial charge >= 0.3 is 11.2 Å². The number of aromatic nitrogens is 3. The van der Waals surface area contributed by atoms with Crippen molar-refractivity contribution in [3.05, 3.63) is 175 Å². The maximum Gasteiger partial charge on any atom is 0.352 e. The number of carbonyl (C=O) groups is 1. The summed E-state index contributed by atoms with van der Waals surface area (Å²) in [7, 11) is 0. The number of esters is 1. The summed E-state index contributed by atoms with van der Waals surface area (Å²) < 4.78 is 18.9. The number of hydrogen-bond donors (Lipinski definition) is 3. The van der Waals surface area contributed by atoms with Gasteiger partial charge in [-0.2, -0.15) is 21.0 Å².